The maximum Gasteiger partial charge on any atom is 0.314 e. The predicted octanol–water partition coefficient (Wildman–Crippen LogP) is 4.61. The van der Waals surface area contributed by atoms with Crippen LogP contribution in [0.1, 0.15) is 32.8 Å². The van der Waals surface area contributed by atoms with Crippen LogP contribution in [0.15, 0.2) is 91.0 Å². The summed E-state index contributed by atoms with van der Waals surface area (Å²) in [5, 5.41) is 12.4. The predicted molar refractivity (Wildman–Crippen MR) is 127 cm³/mol. The Morgan fingerprint density at radius 1 is 0.903 bits per heavy atom. The number of carboxylic acid groups (broad SMARTS) is 1. The van der Waals surface area contributed by atoms with Crippen LogP contribution in [0.3, 0.4) is 0 Å². The van der Waals surface area contributed by atoms with Crippen LogP contribution < -0.4 is 10.4 Å². The molecule has 31 heavy (non-hydrogen) atoms. The standard InChI is InChI=1S/C27H30O3Si/c1-26(2,3)31(23-15-9-5-10-16-23,24-17-11-6-12-18-24)30-20-22-19-27(22,25(28)29)21-13-7-4-8-14-21/h4-18,22H,19-20H2,1-3H3,(H,28,29)/t22-,27+/m0/s1. The van der Waals surface area contributed by atoms with E-state index in [-0.39, 0.29) is 11.0 Å². The number of hydrogen-bond acceptors (Lipinski definition) is 2. The van der Waals surface area contributed by atoms with E-state index in [1.807, 2.05) is 42.5 Å². The third-order valence-electron chi connectivity index (χ3n) is 6.69. The van der Waals surface area contributed by atoms with Gasteiger partial charge in [0.05, 0.1) is 5.41 Å². The molecule has 0 unspecified atom stereocenters. The van der Waals surface area contributed by atoms with Gasteiger partial charge in [-0.15, -0.1) is 0 Å². The molecule has 1 fully saturated rings. The third-order valence-corrected chi connectivity index (χ3v) is 11.7. The second kappa shape index (κ2) is 8.10. The lowest BCUT2D eigenvalue weighted by Crippen LogP contribution is -2.66. The van der Waals surface area contributed by atoms with Gasteiger partial charge in [-0.3, -0.25) is 4.79 Å². The van der Waals surface area contributed by atoms with Crippen molar-refractivity contribution in [2.24, 2.45) is 5.92 Å². The molecule has 0 aliphatic heterocycles. The normalized spacial score (nSPS) is 20.9. The van der Waals surface area contributed by atoms with Crippen molar-refractivity contribution < 1.29 is 14.3 Å². The lowest BCUT2D eigenvalue weighted by Gasteiger charge is -2.43. The Hall–Kier alpha value is -2.69. The van der Waals surface area contributed by atoms with Gasteiger partial charge < -0.3 is 9.53 Å². The van der Waals surface area contributed by atoms with E-state index in [1.165, 1.54) is 10.4 Å². The smallest absolute Gasteiger partial charge is 0.314 e. The average molecular weight is 431 g/mol. The number of carboxylic acids is 1. The van der Waals surface area contributed by atoms with Gasteiger partial charge in [-0.2, -0.15) is 0 Å². The highest BCUT2D eigenvalue weighted by molar-refractivity contribution is 6.99. The second-order valence-electron chi connectivity index (χ2n) is 9.52. The number of hydrogen-bond donors (Lipinski definition) is 1. The van der Waals surface area contributed by atoms with Crippen LogP contribution in [0.5, 0.6) is 0 Å². The fourth-order valence-corrected chi connectivity index (χ4v) is 9.60. The van der Waals surface area contributed by atoms with E-state index >= 15 is 0 Å². The maximum absolute atomic E-state index is 12.3. The first-order chi connectivity index (χ1) is 14.8. The summed E-state index contributed by atoms with van der Waals surface area (Å²) in [4.78, 5) is 12.3. The SMILES string of the molecule is CC(C)(C)[Si](OC[C@@H]1C[C@@]1(C(=O)O)c1ccccc1)(c1ccccc1)c1ccccc1. The molecule has 3 aromatic carbocycles. The molecule has 3 aromatic rings. The number of benzene rings is 3. The fraction of sp³-hybridized carbons (Fsp3) is 0.296. The Labute approximate surface area is 185 Å². The van der Waals surface area contributed by atoms with Crippen LogP contribution in [0.2, 0.25) is 5.04 Å². The summed E-state index contributed by atoms with van der Waals surface area (Å²) in [5.74, 6) is -0.788. The van der Waals surface area contributed by atoms with Crippen molar-refractivity contribution in [1.82, 2.24) is 0 Å². The first-order valence-electron chi connectivity index (χ1n) is 10.9. The van der Waals surface area contributed by atoms with Crippen LogP contribution in [0.25, 0.3) is 0 Å². The first-order valence-corrected chi connectivity index (χ1v) is 12.8. The van der Waals surface area contributed by atoms with E-state index in [9.17, 15) is 9.90 Å². The van der Waals surface area contributed by atoms with Gasteiger partial charge in [0.25, 0.3) is 8.32 Å². The van der Waals surface area contributed by atoms with E-state index < -0.39 is 19.7 Å². The molecule has 1 N–H and O–H groups in total. The Morgan fingerprint density at radius 2 is 1.35 bits per heavy atom. The molecular formula is C27H30O3Si. The zero-order valence-corrected chi connectivity index (χ0v) is 19.4. The summed E-state index contributed by atoms with van der Waals surface area (Å²) >= 11 is 0. The Balaban J connectivity index is 1.73. The Morgan fingerprint density at radius 3 is 1.77 bits per heavy atom. The molecule has 3 nitrogen and oxygen atoms in total. The zero-order chi connectivity index (χ0) is 22.1. The van der Waals surface area contributed by atoms with Crippen LogP contribution in [0, 0.1) is 5.92 Å². The summed E-state index contributed by atoms with van der Waals surface area (Å²) in [6.45, 7) is 7.17. The minimum atomic E-state index is -2.66. The molecule has 0 bridgehead atoms. The number of rotatable bonds is 7. The van der Waals surface area contributed by atoms with E-state index in [2.05, 4.69) is 69.3 Å². The Kier molecular flexibility index (Phi) is 5.63. The minimum absolute atomic E-state index is 0.0333. The van der Waals surface area contributed by atoms with Crippen molar-refractivity contribution in [2.45, 2.75) is 37.6 Å². The summed E-state index contributed by atoms with van der Waals surface area (Å²) in [6, 6.07) is 30.6. The number of carbonyl (C=O) groups is 1. The lowest BCUT2D eigenvalue weighted by atomic mass is 9.93. The largest absolute Gasteiger partial charge is 0.481 e. The van der Waals surface area contributed by atoms with Gasteiger partial charge in [0.1, 0.15) is 0 Å². The van der Waals surface area contributed by atoms with Gasteiger partial charge in [-0.25, -0.2) is 0 Å². The minimum Gasteiger partial charge on any atom is -0.481 e. The van der Waals surface area contributed by atoms with E-state index in [1.54, 1.807) is 0 Å². The van der Waals surface area contributed by atoms with Crippen molar-refractivity contribution in [3.8, 4) is 0 Å². The van der Waals surface area contributed by atoms with Crippen molar-refractivity contribution in [3.63, 3.8) is 0 Å². The molecule has 1 saturated carbocycles. The molecular weight excluding hydrogens is 400 g/mol. The van der Waals surface area contributed by atoms with E-state index in [0.717, 1.165) is 5.56 Å². The quantitative estimate of drug-likeness (QED) is 0.557. The molecule has 2 atom stereocenters. The molecule has 1 aliphatic carbocycles. The topological polar surface area (TPSA) is 46.5 Å². The monoisotopic (exact) mass is 430 g/mol. The molecule has 0 amide bonds. The average Bonchev–Trinajstić information content (AvgIpc) is 3.51. The Bertz CT molecular complexity index is 989. The second-order valence-corrected chi connectivity index (χ2v) is 13.8. The molecule has 0 heterocycles. The lowest BCUT2D eigenvalue weighted by molar-refractivity contribution is -0.140. The van der Waals surface area contributed by atoms with Gasteiger partial charge in [0.2, 0.25) is 0 Å². The zero-order valence-electron chi connectivity index (χ0n) is 18.4. The van der Waals surface area contributed by atoms with Crippen LogP contribution in [-0.4, -0.2) is 26.0 Å². The fourth-order valence-electron chi connectivity index (χ4n) is 4.99. The summed E-state index contributed by atoms with van der Waals surface area (Å²) in [7, 11) is -2.66. The van der Waals surface area contributed by atoms with Gasteiger partial charge >= 0.3 is 5.97 Å². The van der Waals surface area contributed by atoms with Gasteiger partial charge in [0, 0.05) is 12.5 Å². The van der Waals surface area contributed by atoms with Gasteiger partial charge in [0.15, 0.2) is 0 Å². The van der Waals surface area contributed by atoms with Crippen LogP contribution in [0.4, 0.5) is 0 Å². The molecule has 4 heteroatoms. The van der Waals surface area contributed by atoms with Crippen LogP contribution >= 0.6 is 0 Å². The highest BCUT2D eigenvalue weighted by atomic mass is 28.4. The molecule has 0 radical (unpaired) electrons. The molecule has 1 aliphatic rings. The molecule has 0 saturated heterocycles. The molecule has 4 rings (SSSR count). The number of aliphatic carboxylic acids is 1. The third kappa shape index (κ3) is 3.64. The molecule has 0 aromatic heterocycles. The van der Waals surface area contributed by atoms with E-state index in [0.29, 0.717) is 13.0 Å². The summed E-state index contributed by atoms with van der Waals surface area (Å²) < 4.78 is 6.99. The highest BCUT2D eigenvalue weighted by Crippen LogP contribution is 2.55. The van der Waals surface area contributed by atoms with E-state index in [4.69, 9.17) is 4.43 Å². The highest BCUT2D eigenvalue weighted by Gasteiger charge is 2.62. The molecule has 160 valence electrons. The molecule has 0 spiro atoms. The maximum atomic E-state index is 12.3. The van der Waals surface area contributed by atoms with Gasteiger partial charge in [-0.1, -0.05) is 112 Å². The van der Waals surface area contributed by atoms with Gasteiger partial charge in [-0.05, 0) is 27.4 Å². The van der Waals surface area contributed by atoms with Crippen molar-refractivity contribution in [1.29, 1.82) is 0 Å². The van der Waals surface area contributed by atoms with Crippen molar-refractivity contribution in [2.75, 3.05) is 6.61 Å². The first kappa shape index (κ1) is 21.5. The summed E-state index contributed by atoms with van der Waals surface area (Å²) in [5.41, 5.74) is 0.0330. The van der Waals surface area contributed by atoms with Crippen molar-refractivity contribution >= 4 is 24.7 Å². The summed E-state index contributed by atoms with van der Waals surface area (Å²) in [6.07, 6.45) is 0.616. The van der Waals surface area contributed by atoms with Crippen LogP contribution in [-0.2, 0) is 14.6 Å². The van der Waals surface area contributed by atoms with Crippen molar-refractivity contribution in [3.05, 3.63) is 96.6 Å².